The Morgan fingerprint density at radius 3 is 2.37 bits per heavy atom. The Kier molecular flexibility index (Phi) is 2.75. The SMILES string of the molecule is Cc1cc2ccccc2nc1Nn1c(C)ccc1C. The van der Waals surface area contributed by atoms with E-state index in [1.54, 1.807) is 0 Å². The van der Waals surface area contributed by atoms with Crippen LogP contribution in [-0.2, 0) is 0 Å². The summed E-state index contributed by atoms with van der Waals surface area (Å²) in [5.41, 5.74) is 7.89. The number of benzene rings is 1. The van der Waals surface area contributed by atoms with Crippen LogP contribution in [0.15, 0.2) is 42.5 Å². The zero-order chi connectivity index (χ0) is 13.4. The first kappa shape index (κ1) is 11.8. The van der Waals surface area contributed by atoms with Crippen molar-refractivity contribution in [3.63, 3.8) is 0 Å². The van der Waals surface area contributed by atoms with Gasteiger partial charge in [-0.3, -0.25) is 10.1 Å². The molecule has 0 aliphatic carbocycles. The molecule has 96 valence electrons. The highest BCUT2D eigenvalue weighted by molar-refractivity contribution is 5.81. The van der Waals surface area contributed by atoms with Crippen LogP contribution in [0.5, 0.6) is 0 Å². The number of aromatic nitrogens is 2. The topological polar surface area (TPSA) is 29.9 Å². The van der Waals surface area contributed by atoms with E-state index >= 15 is 0 Å². The van der Waals surface area contributed by atoms with Crippen LogP contribution in [0.4, 0.5) is 5.82 Å². The molecule has 0 radical (unpaired) electrons. The van der Waals surface area contributed by atoms with Gasteiger partial charge in [-0.25, -0.2) is 4.98 Å². The van der Waals surface area contributed by atoms with E-state index in [9.17, 15) is 0 Å². The summed E-state index contributed by atoms with van der Waals surface area (Å²) in [6.45, 7) is 6.24. The lowest BCUT2D eigenvalue weighted by atomic mass is 10.1. The molecule has 2 aromatic heterocycles. The minimum atomic E-state index is 0.904. The first-order valence-corrected chi connectivity index (χ1v) is 6.43. The lowest BCUT2D eigenvalue weighted by molar-refractivity contribution is 0.870. The van der Waals surface area contributed by atoms with Crippen LogP contribution in [0.3, 0.4) is 0 Å². The lowest BCUT2D eigenvalue weighted by Crippen LogP contribution is -2.14. The van der Waals surface area contributed by atoms with Crippen LogP contribution in [0.1, 0.15) is 17.0 Å². The number of hydrogen-bond acceptors (Lipinski definition) is 2. The molecule has 3 heteroatoms. The monoisotopic (exact) mass is 251 g/mol. The van der Waals surface area contributed by atoms with Crippen molar-refractivity contribution in [2.75, 3.05) is 5.43 Å². The predicted molar refractivity (Wildman–Crippen MR) is 79.4 cm³/mol. The zero-order valence-electron chi connectivity index (χ0n) is 11.4. The molecule has 0 bridgehead atoms. The van der Waals surface area contributed by atoms with E-state index in [-0.39, 0.29) is 0 Å². The van der Waals surface area contributed by atoms with Gasteiger partial charge in [0.15, 0.2) is 0 Å². The highest BCUT2D eigenvalue weighted by atomic mass is 15.4. The van der Waals surface area contributed by atoms with E-state index in [1.807, 2.05) is 18.2 Å². The summed E-state index contributed by atoms with van der Waals surface area (Å²) in [5.74, 6) is 0.904. The maximum Gasteiger partial charge on any atom is 0.148 e. The standard InChI is InChI=1S/C16H17N3/c1-11-10-14-6-4-5-7-15(14)17-16(11)18-19-12(2)8-9-13(19)3/h4-10H,1-3H3,(H,17,18). The Labute approximate surface area is 112 Å². The van der Waals surface area contributed by atoms with Crippen molar-refractivity contribution in [3.8, 4) is 0 Å². The average Bonchev–Trinajstić information content (AvgIpc) is 2.71. The van der Waals surface area contributed by atoms with Crippen molar-refractivity contribution >= 4 is 16.7 Å². The smallest absolute Gasteiger partial charge is 0.148 e. The molecule has 2 heterocycles. The first-order chi connectivity index (χ1) is 9.15. The van der Waals surface area contributed by atoms with E-state index in [4.69, 9.17) is 4.98 Å². The summed E-state index contributed by atoms with van der Waals surface area (Å²) < 4.78 is 2.06. The first-order valence-electron chi connectivity index (χ1n) is 6.43. The Balaban J connectivity index is 2.08. The van der Waals surface area contributed by atoms with Gasteiger partial charge in [0.1, 0.15) is 5.82 Å². The van der Waals surface area contributed by atoms with Gasteiger partial charge in [0.25, 0.3) is 0 Å². The van der Waals surface area contributed by atoms with E-state index in [1.165, 1.54) is 16.8 Å². The fourth-order valence-electron chi connectivity index (χ4n) is 2.29. The Morgan fingerprint density at radius 2 is 1.63 bits per heavy atom. The second kappa shape index (κ2) is 4.43. The number of pyridine rings is 1. The van der Waals surface area contributed by atoms with Crippen LogP contribution < -0.4 is 5.43 Å². The number of hydrogen-bond donors (Lipinski definition) is 1. The minimum absolute atomic E-state index is 0.904. The summed E-state index contributed by atoms with van der Waals surface area (Å²) in [5, 5.41) is 1.17. The van der Waals surface area contributed by atoms with Crippen LogP contribution in [0, 0.1) is 20.8 Å². The van der Waals surface area contributed by atoms with Gasteiger partial charge >= 0.3 is 0 Å². The second-order valence-electron chi connectivity index (χ2n) is 4.91. The molecule has 1 N–H and O–H groups in total. The van der Waals surface area contributed by atoms with E-state index in [0.717, 1.165) is 16.9 Å². The summed E-state index contributed by atoms with van der Waals surface area (Å²) in [4.78, 5) is 4.70. The summed E-state index contributed by atoms with van der Waals surface area (Å²) >= 11 is 0. The largest absolute Gasteiger partial charge is 0.277 e. The van der Waals surface area contributed by atoms with Crippen molar-refractivity contribution in [1.29, 1.82) is 0 Å². The molecule has 1 aromatic carbocycles. The molecule has 0 amide bonds. The molecular weight excluding hydrogens is 234 g/mol. The van der Waals surface area contributed by atoms with Gasteiger partial charge in [-0.2, -0.15) is 0 Å². The summed E-state index contributed by atoms with van der Waals surface area (Å²) in [6.07, 6.45) is 0. The minimum Gasteiger partial charge on any atom is -0.277 e. The second-order valence-corrected chi connectivity index (χ2v) is 4.91. The highest BCUT2D eigenvalue weighted by Gasteiger charge is 2.06. The molecule has 0 atom stereocenters. The molecule has 0 fully saturated rings. The lowest BCUT2D eigenvalue weighted by Gasteiger charge is -2.14. The third kappa shape index (κ3) is 2.08. The number of para-hydroxylation sites is 1. The predicted octanol–water partition coefficient (Wildman–Crippen LogP) is 3.84. The van der Waals surface area contributed by atoms with Gasteiger partial charge < -0.3 is 0 Å². The maximum absolute atomic E-state index is 4.70. The molecule has 19 heavy (non-hydrogen) atoms. The van der Waals surface area contributed by atoms with Crippen LogP contribution >= 0.6 is 0 Å². The third-order valence-corrected chi connectivity index (χ3v) is 3.40. The van der Waals surface area contributed by atoms with Crippen LogP contribution in [0.2, 0.25) is 0 Å². The molecule has 0 aliphatic heterocycles. The van der Waals surface area contributed by atoms with E-state index in [0.29, 0.717) is 0 Å². The number of aryl methyl sites for hydroxylation is 3. The Morgan fingerprint density at radius 1 is 0.947 bits per heavy atom. The van der Waals surface area contributed by atoms with Crippen molar-refractivity contribution < 1.29 is 0 Å². The summed E-state index contributed by atoms with van der Waals surface area (Å²) in [7, 11) is 0. The molecule has 0 spiro atoms. The quantitative estimate of drug-likeness (QED) is 0.750. The molecule has 3 nitrogen and oxygen atoms in total. The summed E-state index contributed by atoms with van der Waals surface area (Å²) in [6, 6.07) is 14.5. The average molecular weight is 251 g/mol. The number of nitrogens with one attached hydrogen (secondary N) is 1. The molecular formula is C16H17N3. The number of fused-ring (bicyclic) bond motifs is 1. The zero-order valence-corrected chi connectivity index (χ0v) is 11.4. The Hall–Kier alpha value is -2.29. The third-order valence-electron chi connectivity index (χ3n) is 3.40. The van der Waals surface area contributed by atoms with E-state index < -0.39 is 0 Å². The van der Waals surface area contributed by atoms with Crippen LogP contribution in [0.25, 0.3) is 10.9 Å². The Bertz CT molecular complexity index is 721. The van der Waals surface area contributed by atoms with Crippen molar-refractivity contribution in [1.82, 2.24) is 9.66 Å². The molecule has 0 aliphatic rings. The fourth-order valence-corrected chi connectivity index (χ4v) is 2.29. The molecule has 3 rings (SSSR count). The molecule has 3 aromatic rings. The number of rotatable bonds is 2. The van der Waals surface area contributed by atoms with Gasteiger partial charge in [-0.1, -0.05) is 18.2 Å². The van der Waals surface area contributed by atoms with Crippen molar-refractivity contribution in [3.05, 3.63) is 59.4 Å². The van der Waals surface area contributed by atoms with Crippen molar-refractivity contribution in [2.45, 2.75) is 20.8 Å². The molecule has 0 unspecified atom stereocenters. The highest BCUT2D eigenvalue weighted by Crippen LogP contribution is 2.20. The van der Waals surface area contributed by atoms with E-state index in [2.05, 4.69) is 55.1 Å². The maximum atomic E-state index is 4.70. The number of nitrogens with zero attached hydrogens (tertiary/aromatic N) is 2. The number of anilines is 1. The van der Waals surface area contributed by atoms with Gasteiger partial charge in [0.2, 0.25) is 0 Å². The normalized spacial score (nSPS) is 10.9. The van der Waals surface area contributed by atoms with Gasteiger partial charge in [-0.05, 0) is 50.6 Å². The fraction of sp³-hybridized carbons (Fsp3) is 0.188. The van der Waals surface area contributed by atoms with Crippen molar-refractivity contribution in [2.24, 2.45) is 0 Å². The molecule has 0 saturated heterocycles. The van der Waals surface area contributed by atoms with Gasteiger partial charge in [0.05, 0.1) is 5.52 Å². The molecule has 0 saturated carbocycles. The van der Waals surface area contributed by atoms with Gasteiger partial charge in [-0.15, -0.1) is 0 Å². The van der Waals surface area contributed by atoms with Gasteiger partial charge in [0, 0.05) is 16.8 Å². The van der Waals surface area contributed by atoms with Crippen LogP contribution in [-0.4, -0.2) is 9.66 Å².